The fourth-order valence-corrected chi connectivity index (χ4v) is 6.96. The number of rotatable bonds is 1. The summed E-state index contributed by atoms with van der Waals surface area (Å²) in [4.78, 5) is 11.3. The average Bonchev–Trinajstić information content (AvgIpc) is 2.91. The molecule has 0 aliphatic heterocycles. The number of allylic oxidation sites excluding steroid dienone is 1. The summed E-state index contributed by atoms with van der Waals surface area (Å²) in [7, 11) is 0. The van der Waals surface area contributed by atoms with Crippen molar-refractivity contribution in [2.45, 2.75) is 78.2 Å². The molecule has 0 aromatic heterocycles. The van der Waals surface area contributed by atoms with Gasteiger partial charge in [0.05, 0.1) is 0 Å². The number of nitrogens with two attached hydrogens (primary N) is 1. The first-order chi connectivity index (χ1) is 11.9. The van der Waals surface area contributed by atoms with E-state index in [2.05, 4.69) is 25.0 Å². The van der Waals surface area contributed by atoms with E-state index in [1.807, 2.05) is 0 Å². The molecule has 0 spiro atoms. The molecule has 0 aromatic rings. The molecule has 2 N–H and O–H groups in total. The van der Waals surface area contributed by atoms with Crippen molar-refractivity contribution in [3.05, 3.63) is 11.6 Å². The molecular formula is C21H32N2O2. The maximum absolute atomic E-state index is 11.3. The maximum atomic E-state index is 11.3. The normalized spacial score (nSPS) is 47.5. The van der Waals surface area contributed by atoms with E-state index in [4.69, 9.17) is 10.6 Å². The number of fused-ring (bicyclic) bond motifs is 5. The van der Waals surface area contributed by atoms with Crippen molar-refractivity contribution < 1.29 is 9.53 Å². The van der Waals surface area contributed by atoms with Crippen LogP contribution in [0.25, 0.3) is 0 Å². The molecule has 138 valence electrons. The van der Waals surface area contributed by atoms with Crippen LogP contribution in [-0.2, 0) is 9.53 Å². The average molecular weight is 344 g/mol. The Kier molecular flexibility index (Phi) is 4.01. The van der Waals surface area contributed by atoms with Gasteiger partial charge in [-0.15, -0.1) is 0 Å². The summed E-state index contributed by atoms with van der Waals surface area (Å²) in [6.45, 7) is 6.42. The minimum atomic E-state index is -0.143. The molecule has 0 bridgehead atoms. The van der Waals surface area contributed by atoms with Crippen molar-refractivity contribution in [2.75, 3.05) is 0 Å². The van der Waals surface area contributed by atoms with Gasteiger partial charge in [0.25, 0.3) is 0 Å². The minimum absolute atomic E-state index is 0.0877. The highest BCUT2D eigenvalue weighted by Crippen LogP contribution is 2.64. The third-order valence-electron chi connectivity index (χ3n) is 8.29. The van der Waals surface area contributed by atoms with Crippen LogP contribution in [0.15, 0.2) is 16.8 Å². The van der Waals surface area contributed by atoms with Gasteiger partial charge in [-0.25, -0.2) is 0 Å². The molecule has 0 amide bonds. The van der Waals surface area contributed by atoms with Crippen LogP contribution >= 0.6 is 0 Å². The Labute approximate surface area is 151 Å². The first-order valence-electron chi connectivity index (χ1n) is 10.0. The zero-order valence-electron chi connectivity index (χ0n) is 15.9. The molecule has 3 fully saturated rings. The van der Waals surface area contributed by atoms with Crippen LogP contribution in [-0.4, -0.2) is 17.8 Å². The second-order valence-electron chi connectivity index (χ2n) is 9.30. The number of hydrazone groups is 1. The molecule has 4 aliphatic carbocycles. The van der Waals surface area contributed by atoms with Gasteiger partial charge in [-0.05, 0) is 68.1 Å². The molecule has 4 nitrogen and oxygen atoms in total. The van der Waals surface area contributed by atoms with Crippen LogP contribution in [0.5, 0.6) is 0 Å². The van der Waals surface area contributed by atoms with Gasteiger partial charge in [0.2, 0.25) is 0 Å². The van der Waals surface area contributed by atoms with E-state index in [0.29, 0.717) is 5.41 Å². The van der Waals surface area contributed by atoms with Crippen LogP contribution in [0.2, 0.25) is 0 Å². The van der Waals surface area contributed by atoms with Gasteiger partial charge in [-0.2, -0.15) is 5.10 Å². The summed E-state index contributed by atoms with van der Waals surface area (Å²) in [5.41, 5.74) is 3.34. The zero-order chi connectivity index (χ0) is 17.8. The fraction of sp³-hybridized carbons (Fsp3) is 0.810. The van der Waals surface area contributed by atoms with Crippen molar-refractivity contribution in [3.8, 4) is 0 Å². The van der Waals surface area contributed by atoms with E-state index in [0.717, 1.165) is 43.4 Å². The molecule has 0 aromatic carbocycles. The Morgan fingerprint density at radius 2 is 1.92 bits per heavy atom. The first kappa shape index (κ1) is 17.1. The number of hydrogen-bond donors (Lipinski definition) is 1. The standard InChI is InChI=1S/C21H32N2O2/c1-13(24)25-15-8-10-20(2)14(12-15)4-5-16-17-6-7-19(23-22)21(17,3)11-9-18(16)20/h4,15-18H,5-12,22H2,1-3H3/b23-19+/t15-,16-,17-,18-,20-,21-/m0/s1. The topological polar surface area (TPSA) is 64.7 Å². The van der Waals surface area contributed by atoms with Crippen molar-refractivity contribution >= 4 is 11.7 Å². The van der Waals surface area contributed by atoms with Gasteiger partial charge in [-0.1, -0.05) is 25.5 Å². The van der Waals surface area contributed by atoms with Crippen molar-refractivity contribution in [1.29, 1.82) is 0 Å². The molecular weight excluding hydrogens is 312 g/mol. The molecule has 4 aliphatic rings. The Hall–Kier alpha value is -1.32. The van der Waals surface area contributed by atoms with Gasteiger partial charge in [0.1, 0.15) is 6.10 Å². The Balaban J connectivity index is 1.60. The molecule has 25 heavy (non-hydrogen) atoms. The summed E-state index contributed by atoms with van der Waals surface area (Å²) in [6.07, 6.45) is 11.7. The summed E-state index contributed by atoms with van der Waals surface area (Å²) in [5, 5.41) is 4.17. The van der Waals surface area contributed by atoms with Crippen molar-refractivity contribution in [3.63, 3.8) is 0 Å². The van der Waals surface area contributed by atoms with Crippen LogP contribution in [0.1, 0.15) is 72.1 Å². The highest BCUT2D eigenvalue weighted by atomic mass is 16.5. The third-order valence-corrected chi connectivity index (χ3v) is 8.29. The molecule has 4 rings (SSSR count). The van der Waals surface area contributed by atoms with Gasteiger partial charge in [0.15, 0.2) is 0 Å². The number of nitrogens with zero attached hydrogens (tertiary/aromatic N) is 1. The number of carbonyl (C=O) groups is 1. The van der Waals surface area contributed by atoms with Crippen LogP contribution in [0.3, 0.4) is 0 Å². The van der Waals surface area contributed by atoms with Gasteiger partial charge in [-0.3, -0.25) is 4.79 Å². The van der Waals surface area contributed by atoms with E-state index in [-0.39, 0.29) is 17.5 Å². The van der Waals surface area contributed by atoms with Gasteiger partial charge in [0, 0.05) is 24.5 Å². The highest BCUT2D eigenvalue weighted by molar-refractivity contribution is 5.92. The van der Waals surface area contributed by atoms with Crippen LogP contribution in [0, 0.1) is 28.6 Å². The Morgan fingerprint density at radius 1 is 1.20 bits per heavy atom. The smallest absolute Gasteiger partial charge is 0.302 e. The highest BCUT2D eigenvalue weighted by Gasteiger charge is 2.57. The summed E-state index contributed by atoms with van der Waals surface area (Å²) in [5.74, 6) is 7.83. The van der Waals surface area contributed by atoms with E-state index in [1.165, 1.54) is 38.3 Å². The maximum Gasteiger partial charge on any atom is 0.302 e. The number of esters is 1. The Bertz CT molecular complexity index is 640. The lowest BCUT2D eigenvalue weighted by Gasteiger charge is -2.57. The van der Waals surface area contributed by atoms with E-state index >= 15 is 0 Å². The number of carbonyl (C=O) groups excluding carboxylic acids is 1. The second-order valence-corrected chi connectivity index (χ2v) is 9.30. The quantitative estimate of drug-likeness (QED) is 0.336. The molecule has 0 heterocycles. The molecule has 0 radical (unpaired) electrons. The summed E-state index contributed by atoms with van der Waals surface area (Å²) >= 11 is 0. The lowest BCUT2D eigenvalue weighted by Crippen LogP contribution is -2.50. The van der Waals surface area contributed by atoms with E-state index < -0.39 is 0 Å². The zero-order valence-corrected chi connectivity index (χ0v) is 15.9. The second kappa shape index (κ2) is 5.85. The largest absolute Gasteiger partial charge is 0.462 e. The monoisotopic (exact) mass is 344 g/mol. The summed E-state index contributed by atoms with van der Waals surface area (Å²) in [6, 6.07) is 0. The van der Waals surface area contributed by atoms with Crippen LogP contribution in [0.4, 0.5) is 0 Å². The van der Waals surface area contributed by atoms with Crippen LogP contribution < -0.4 is 5.84 Å². The summed E-state index contributed by atoms with van der Waals surface area (Å²) < 4.78 is 5.53. The third kappa shape index (κ3) is 2.47. The predicted octanol–water partition coefficient (Wildman–Crippen LogP) is 4.20. The first-order valence-corrected chi connectivity index (χ1v) is 10.0. The van der Waals surface area contributed by atoms with E-state index in [9.17, 15) is 4.79 Å². The lowest BCUT2D eigenvalue weighted by atomic mass is 9.48. The number of ether oxygens (including phenoxy) is 1. The lowest BCUT2D eigenvalue weighted by molar-refractivity contribution is -0.148. The van der Waals surface area contributed by atoms with E-state index in [1.54, 1.807) is 5.57 Å². The molecule has 0 saturated heterocycles. The SMILES string of the molecule is CC(=O)O[C@H]1CC[C@@]2(C)C(=CC[C@@H]3[C@@H]2CC[C@]2(C)/C(=N/N)CC[C@@H]32)C1. The molecule has 3 saturated carbocycles. The van der Waals surface area contributed by atoms with Crippen molar-refractivity contribution in [2.24, 2.45) is 39.5 Å². The molecule has 0 unspecified atom stereocenters. The van der Waals surface area contributed by atoms with Gasteiger partial charge < -0.3 is 10.6 Å². The Morgan fingerprint density at radius 3 is 2.64 bits per heavy atom. The minimum Gasteiger partial charge on any atom is -0.462 e. The predicted molar refractivity (Wildman–Crippen MR) is 98.9 cm³/mol. The molecule has 6 atom stereocenters. The number of hydrogen-bond acceptors (Lipinski definition) is 4. The van der Waals surface area contributed by atoms with Crippen molar-refractivity contribution in [1.82, 2.24) is 0 Å². The van der Waals surface area contributed by atoms with Gasteiger partial charge >= 0.3 is 5.97 Å². The molecule has 4 heteroatoms. The fourth-order valence-electron chi connectivity index (χ4n) is 6.96.